The SMILES string of the molecule is COC(=O)C1=C(C)N(C2CCCCC2)C(=O)/C1=C/c1ccc(OCC(=O)NC(C)c2ccccc2)cc1. The normalized spacial score (nSPS) is 18.2. The van der Waals surface area contributed by atoms with Crippen LogP contribution in [0.15, 0.2) is 71.4 Å². The van der Waals surface area contributed by atoms with Crippen molar-refractivity contribution in [1.29, 1.82) is 0 Å². The summed E-state index contributed by atoms with van der Waals surface area (Å²) >= 11 is 0. The Hall–Kier alpha value is -3.87. The predicted octanol–water partition coefficient (Wildman–Crippen LogP) is 4.95. The summed E-state index contributed by atoms with van der Waals surface area (Å²) in [6, 6.07) is 16.8. The van der Waals surface area contributed by atoms with E-state index in [0.717, 1.165) is 36.8 Å². The number of carbonyl (C=O) groups excluding carboxylic acids is 3. The number of allylic oxidation sites excluding steroid dienone is 1. The molecule has 2 aromatic rings. The lowest BCUT2D eigenvalue weighted by Gasteiger charge is -2.32. The molecule has 1 heterocycles. The van der Waals surface area contributed by atoms with Crippen LogP contribution >= 0.6 is 0 Å². The van der Waals surface area contributed by atoms with E-state index in [1.165, 1.54) is 13.5 Å². The van der Waals surface area contributed by atoms with Crippen molar-refractivity contribution >= 4 is 23.9 Å². The van der Waals surface area contributed by atoms with E-state index in [1.807, 2.05) is 44.2 Å². The fraction of sp³-hybridized carbons (Fsp3) is 0.367. The van der Waals surface area contributed by atoms with Gasteiger partial charge < -0.3 is 19.7 Å². The standard InChI is InChI=1S/C30H34N2O5/c1-20(23-10-6-4-7-11-23)31-27(33)19-37-25-16-14-22(15-17-25)18-26-28(30(35)36-3)21(2)32(29(26)34)24-12-8-5-9-13-24/h4,6-7,10-11,14-18,20,24H,5,8-9,12-13,19H2,1-3H3,(H,31,33)/b26-18+. The van der Waals surface area contributed by atoms with Crippen LogP contribution in [0.4, 0.5) is 0 Å². The molecular weight excluding hydrogens is 468 g/mol. The van der Waals surface area contributed by atoms with Gasteiger partial charge in [-0.2, -0.15) is 0 Å². The van der Waals surface area contributed by atoms with Crippen LogP contribution in [0.3, 0.4) is 0 Å². The fourth-order valence-electron chi connectivity index (χ4n) is 5.06. The molecule has 7 heteroatoms. The molecule has 1 fully saturated rings. The molecule has 1 saturated carbocycles. The number of ether oxygens (including phenoxy) is 2. The van der Waals surface area contributed by atoms with E-state index < -0.39 is 5.97 Å². The number of amides is 2. The molecule has 1 aliphatic heterocycles. The first-order chi connectivity index (χ1) is 17.9. The average Bonchev–Trinajstić information content (AvgIpc) is 3.17. The minimum atomic E-state index is -0.508. The lowest BCUT2D eigenvalue weighted by Crippen LogP contribution is -2.37. The molecule has 1 N–H and O–H groups in total. The van der Waals surface area contributed by atoms with Gasteiger partial charge in [-0.3, -0.25) is 9.59 Å². The third-order valence-electron chi connectivity index (χ3n) is 7.01. The maximum Gasteiger partial charge on any atom is 0.340 e. The van der Waals surface area contributed by atoms with Crippen LogP contribution < -0.4 is 10.1 Å². The summed E-state index contributed by atoms with van der Waals surface area (Å²) < 4.78 is 10.7. The van der Waals surface area contributed by atoms with Gasteiger partial charge in [-0.1, -0.05) is 61.7 Å². The first-order valence-corrected chi connectivity index (χ1v) is 12.8. The van der Waals surface area contributed by atoms with Crippen molar-refractivity contribution in [3.05, 3.63) is 82.6 Å². The molecule has 2 amide bonds. The number of methoxy groups -OCH3 is 1. The molecule has 1 unspecified atom stereocenters. The summed E-state index contributed by atoms with van der Waals surface area (Å²) in [4.78, 5) is 40.1. The Morgan fingerprint density at radius 3 is 2.38 bits per heavy atom. The topological polar surface area (TPSA) is 84.9 Å². The van der Waals surface area contributed by atoms with Crippen molar-refractivity contribution < 1.29 is 23.9 Å². The van der Waals surface area contributed by atoms with Gasteiger partial charge in [-0.15, -0.1) is 0 Å². The lowest BCUT2D eigenvalue weighted by molar-refractivity contribution is -0.136. The second-order valence-corrected chi connectivity index (χ2v) is 9.53. The van der Waals surface area contributed by atoms with Crippen molar-refractivity contribution in [2.24, 2.45) is 0 Å². The zero-order valence-corrected chi connectivity index (χ0v) is 21.7. The molecule has 1 aliphatic carbocycles. The summed E-state index contributed by atoms with van der Waals surface area (Å²) in [5, 5.41) is 2.92. The summed E-state index contributed by atoms with van der Waals surface area (Å²) in [7, 11) is 1.33. The quantitative estimate of drug-likeness (QED) is 0.408. The van der Waals surface area contributed by atoms with Gasteiger partial charge in [-0.05, 0) is 56.0 Å². The van der Waals surface area contributed by atoms with E-state index >= 15 is 0 Å². The molecule has 0 spiro atoms. The summed E-state index contributed by atoms with van der Waals surface area (Å²) in [5.74, 6) is -0.350. The molecule has 194 valence electrons. The van der Waals surface area contributed by atoms with Crippen LogP contribution in [-0.2, 0) is 19.1 Å². The van der Waals surface area contributed by atoms with Crippen LogP contribution in [0.25, 0.3) is 6.08 Å². The number of nitrogens with one attached hydrogen (secondary N) is 1. The van der Waals surface area contributed by atoms with E-state index in [4.69, 9.17) is 9.47 Å². The number of rotatable bonds is 8. The van der Waals surface area contributed by atoms with Gasteiger partial charge in [0, 0.05) is 11.7 Å². The summed E-state index contributed by atoms with van der Waals surface area (Å²) in [6.07, 6.45) is 6.94. The largest absolute Gasteiger partial charge is 0.484 e. The molecule has 2 aliphatic rings. The van der Waals surface area contributed by atoms with Crippen molar-refractivity contribution in [2.45, 2.75) is 58.0 Å². The van der Waals surface area contributed by atoms with Crippen LogP contribution in [0.1, 0.15) is 63.1 Å². The molecule has 1 atom stereocenters. The van der Waals surface area contributed by atoms with Crippen LogP contribution in [-0.4, -0.2) is 42.4 Å². The first-order valence-electron chi connectivity index (χ1n) is 12.8. The minimum absolute atomic E-state index is 0.110. The molecule has 7 nitrogen and oxygen atoms in total. The van der Waals surface area contributed by atoms with Gasteiger partial charge in [0.1, 0.15) is 5.75 Å². The summed E-state index contributed by atoms with van der Waals surface area (Å²) in [6.45, 7) is 3.63. The number of hydrogen-bond acceptors (Lipinski definition) is 5. The predicted molar refractivity (Wildman–Crippen MR) is 141 cm³/mol. The molecule has 2 aromatic carbocycles. The molecule has 0 aromatic heterocycles. The van der Waals surface area contributed by atoms with E-state index in [1.54, 1.807) is 35.2 Å². The van der Waals surface area contributed by atoms with Crippen molar-refractivity contribution in [1.82, 2.24) is 10.2 Å². The zero-order chi connectivity index (χ0) is 26.4. The third kappa shape index (κ3) is 6.10. The number of esters is 1. The Labute approximate surface area is 218 Å². The molecular formula is C30H34N2O5. The number of nitrogens with zero attached hydrogens (tertiary/aromatic N) is 1. The van der Waals surface area contributed by atoms with Crippen molar-refractivity contribution in [3.63, 3.8) is 0 Å². The highest BCUT2D eigenvalue weighted by molar-refractivity contribution is 6.16. The maximum absolute atomic E-state index is 13.4. The van der Waals surface area contributed by atoms with Crippen molar-refractivity contribution in [3.8, 4) is 5.75 Å². The second-order valence-electron chi connectivity index (χ2n) is 9.53. The molecule has 4 rings (SSSR count). The van der Waals surface area contributed by atoms with Crippen LogP contribution in [0.5, 0.6) is 5.75 Å². The third-order valence-corrected chi connectivity index (χ3v) is 7.01. The monoisotopic (exact) mass is 502 g/mol. The van der Waals surface area contributed by atoms with E-state index in [0.29, 0.717) is 22.6 Å². The molecule has 37 heavy (non-hydrogen) atoms. The van der Waals surface area contributed by atoms with Gasteiger partial charge in [0.2, 0.25) is 0 Å². The van der Waals surface area contributed by atoms with Crippen molar-refractivity contribution in [2.75, 3.05) is 13.7 Å². The lowest BCUT2D eigenvalue weighted by atomic mass is 9.94. The highest BCUT2D eigenvalue weighted by Crippen LogP contribution is 2.37. The minimum Gasteiger partial charge on any atom is -0.484 e. The molecule has 0 radical (unpaired) electrons. The number of hydrogen-bond donors (Lipinski definition) is 1. The van der Waals surface area contributed by atoms with Gasteiger partial charge in [0.25, 0.3) is 11.8 Å². The highest BCUT2D eigenvalue weighted by atomic mass is 16.5. The van der Waals surface area contributed by atoms with Gasteiger partial charge in [-0.25, -0.2) is 4.79 Å². The fourth-order valence-corrected chi connectivity index (χ4v) is 5.06. The average molecular weight is 503 g/mol. The van der Waals surface area contributed by atoms with E-state index in [9.17, 15) is 14.4 Å². The van der Waals surface area contributed by atoms with Gasteiger partial charge in [0.15, 0.2) is 6.61 Å². The Bertz CT molecular complexity index is 1190. The smallest absolute Gasteiger partial charge is 0.340 e. The molecule has 0 saturated heterocycles. The van der Waals surface area contributed by atoms with Crippen LogP contribution in [0, 0.1) is 0 Å². The Morgan fingerprint density at radius 2 is 1.73 bits per heavy atom. The zero-order valence-electron chi connectivity index (χ0n) is 21.7. The Balaban J connectivity index is 1.43. The second kappa shape index (κ2) is 11.9. The number of carbonyl (C=O) groups is 3. The highest BCUT2D eigenvalue weighted by Gasteiger charge is 2.40. The molecule has 0 bridgehead atoms. The van der Waals surface area contributed by atoms with E-state index in [-0.39, 0.29) is 30.5 Å². The number of benzene rings is 2. The maximum atomic E-state index is 13.4. The van der Waals surface area contributed by atoms with Gasteiger partial charge >= 0.3 is 5.97 Å². The Morgan fingerprint density at radius 1 is 1.05 bits per heavy atom. The van der Waals surface area contributed by atoms with E-state index in [2.05, 4.69) is 5.32 Å². The summed E-state index contributed by atoms with van der Waals surface area (Å²) in [5.41, 5.74) is 3.09. The van der Waals surface area contributed by atoms with Gasteiger partial charge in [0.05, 0.1) is 24.3 Å². The first kappa shape index (κ1) is 26.2. The Kier molecular flexibility index (Phi) is 8.43. The van der Waals surface area contributed by atoms with Crippen LogP contribution in [0.2, 0.25) is 0 Å².